The molecule has 4 rings (SSSR count). The average Bonchev–Trinajstić information content (AvgIpc) is 3.05. The first-order valence-electron chi connectivity index (χ1n) is 13.3. The van der Waals surface area contributed by atoms with Crippen LogP contribution in [-0.2, 0) is 18.9 Å². The molecular weight excluding hydrogens is 647 g/mol. The average molecular weight is 669 g/mol. The summed E-state index contributed by atoms with van der Waals surface area (Å²) in [5, 5.41) is 15.4. The third-order valence-corrected chi connectivity index (χ3v) is 7.35. The molecule has 18 nitrogen and oxygen atoms in total. The zero-order valence-electron chi connectivity index (χ0n) is 23.4. The highest BCUT2D eigenvalue weighted by atomic mass is 35.5. The van der Waals surface area contributed by atoms with E-state index in [0.717, 1.165) is 0 Å². The molecule has 1 aliphatic carbocycles. The summed E-state index contributed by atoms with van der Waals surface area (Å²) in [6.07, 6.45) is -3.94. The molecule has 236 valence electrons. The van der Waals surface area contributed by atoms with Gasteiger partial charge in [0.2, 0.25) is 0 Å². The summed E-state index contributed by atoms with van der Waals surface area (Å²) in [4.78, 5) is 38.0. The molecule has 1 saturated carbocycles. The lowest BCUT2D eigenvalue weighted by Crippen LogP contribution is -2.60. The Morgan fingerprint density at radius 1 is 0.739 bits per heavy atom. The van der Waals surface area contributed by atoms with Crippen LogP contribution >= 0.6 is 23.2 Å². The van der Waals surface area contributed by atoms with Gasteiger partial charge in [-0.2, -0.15) is 0 Å². The molecule has 46 heavy (non-hydrogen) atoms. The molecule has 20 heteroatoms. The molecule has 0 aromatic heterocycles. The molecule has 2 aliphatic rings. The van der Waals surface area contributed by atoms with Gasteiger partial charge in [-0.3, -0.25) is 0 Å². The second kappa shape index (κ2) is 16.3. The normalized spacial score (nSPS) is 26.6. The number of benzene rings is 2. The lowest BCUT2D eigenvalue weighted by molar-refractivity contribution is -0.232. The van der Waals surface area contributed by atoms with Crippen molar-refractivity contribution in [1.29, 1.82) is 0 Å². The second-order valence-electron chi connectivity index (χ2n) is 9.67. The van der Waals surface area contributed by atoms with Crippen molar-refractivity contribution in [2.24, 2.45) is 20.5 Å². The number of hydrogen-bond acceptors (Lipinski definition) is 10. The first kappa shape index (κ1) is 33.7. The van der Waals surface area contributed by atoms with Gasteiger partial charge in [-0.05, 0) is 77.1 Å². The number of ether oxygens (including phenoxy) is 4. The largest absolute Gasteiger partial charge is 0.454 e. The van der Waals surface area contributed by atoms with Gasteiger partial charge in [0.1, 0.15) is 12.1 Å². The number of esters is 2. The molecule has 0 amide bonds. The molecule has 0 radical (unpaired) electrons. The zero-order chi connectivity index (χ0) is 33.1. The van der Waals surface area contributed by atoms with Gasteiger partial charge in [0.25, 0.3) is 0 Å². The summed E-state index contributed by atoms with van der Waals surface area (Å²) < 4.78 is 23.8. The molecule has 2 aromatic carbocycles. The highest BCUT2D eigenvalue weighted by Gasteiger charge is 2.51. The minimum atomic E-state index is -1.59. The lowest BCUT2D eigenvalue weighted by atomic mass is 9.84. The molecule has 2 aromatic rings. The summed E-state index contributed by atoms with van der Waals surface area (Å²) in [5.41, 5.74) is 36.8. The zero-order valence-corrected chi connectivity index (χ0v) is 24.9. The number of azide groups is 4. The smallest absolute Gasteiger partial charge is 0.338 e. The Labute approximate surface area is 269 Å². The van der Waals surface area contributed by atoms with Crippen molar-refractivity contribution >= 4 is 35.1 Å². The second-order valence-corrected chi connectivity index (χ2v) is 10.5. The molecule has 1 heterocycles. The van der Waals surface area contributed by atoms with E-state index in [1.54, 1.807) is 0 Å². The highest BCUT2D eigenvalue weighted by Crippen LogP contribution is 2.35. The van der Waals surface area contributed by atoms with Crippen molar-refractivity contribution < 1.29 is 28.5 Å². The molecule has 0 spiro atoms. The van der Waals surface area contributed by atoms with Gasteiger partial charge >= 0.3 is 11.9 Å². The first-order chi connectivity index (χ1) is 22.3. The quantitative estimate of drug-likeness (QED) is 0.0786. The van der Waals surface area contributed by atoms with Crippen LogP contribution < -0.4 is 0 Å². The molecule has 1 fully saturated rings. The van der Waals surface area contributed by atoms with Crippen molar-refractivity contribution in [2.75, 3.05) is 6.54 Å². The van der Waals surface area contributed by atoms with Gasteiger partial charge < -0.3 is 18.9 Å². The Bertz CT molecular complexity index is 1650. The van der Waals surface area contributed by atoms with E-state index in [2.05, 4.69) is 40.1 Å². The molecule has 8 atom stereocenters. The minimum Gasteiger partial charge on any atom is -0.454 e. The number of carbonyl (C=O) groups is 2. The molecule has 1 aliphatic heterocycles. The summed E-state index contributed by atoms with van der Waals surface area (Å²) in [7, 11) is 0. The van der Waals surface area contributed by atoms with E-state index >= 15 is 0 Å². The number of hydrogen-bond donors (Lipinski definition) is 0. The van der Waals surface area contributed by atoms with E-state index in [1.807, 2.05) is 0 Å². The number of rotatable bonds is 11. The predicted octanol–water partition coefficient (Wildman–Crippen LogP) is 7.16. The summed E-state index contributed by atoms with van der Waals surface area (Å²) >= 11 is 11.9. The fraction of sp³-hybridized carbons (Fsp3) is 0.385. The first-order valence-corrected chi connectivity index (χ1v) is 14.1. The van der Waals surface area contributed by atoms with Gasteiger partial charge in [0, 0.05) is 29.7 Å². The van der Waals surface area contributed by atoms with Crippen LogP contribution in [0.4, 0.5) is 0 Å². The SMILES string of the molecule is [N-]=[N+]=NCC1C=CC(N=[N+]=[N-])[C@@H](OC2C(N=[N+]=[N-])C[C@@H](N=[N+]=[N-])C(OC(=O)c3ccc(Cl)cc3)[C@H]2OC(=O)c2ccc(Cl)cc2)O1. The number of nitrogens with zero attached hydrogens (tertiary/aromatic N) is 12. The van der Waals surface area contributed by atoms with E-state index in [0.29, 0.717) is 10.0 Å². The van der Waals surface area contributed by atoms with Gasteiger partial charge in [-0.15, -0.1) is 0 Å². The lowest BCUT2D eigenvalue weighted by Gasteiger charge is -2.44. The van der Waals surface area contributed by atoms with Gasteiger partial charge in [0.15, 0.2) is 18.5 Å². The van der Waals surface area contributed by atoms with Crippen LogP contribution in [0.3, 0.4) is 0 Å². The number of halogens is 2. The summed E-state index contributed by atoms with van der Waals surface area (Å²) in [6.45, 7) is -0.143. The molecule has 5 unspecified atom stereocenters. The highest BCUT2D eigenvalue weighted by molar-refractivity contribution is 6.31. The van der Waals surface area contributed by atoms with Crippen LogP contribution in [0.5, 0.6) is 0 Å². The van der Waals surface area contributed by atoms with Crippen molar-refractivity contribution in [3.05, 3.63) is 124 Å². The third kappa shape index (κ3) is 8.52. The maximum Gasteiger partial charge on any atom is 0.338 e. The molecule has 0 N–H and O–H groups in total. The topological polar surface area (TPSA) is 266 Å². The van der Waals surface area contributed by atoms with Crippen molar-refractivity contribution in [1.82, 2.24) is 0 Å². The van der Waals surface area contributed by atoms with E-state index < -0.39 is 60.8 Å². The van der Waals surface area contributed by atoms with Gasteiger partial charge in [0.05, 0.1) is 35.9 Å². The third-order valence-electron chi connectivity index (χ3n) is 6.85. The van der Waals surface area contributed by atoms with E-state index in [-0.39, 0.29) is 24.1 Å². The van der Waals surface area contributed by atoms with E-state index in [4.69, 9.17) is 53.2 Å². The Balaban J connectivity index is 1.78. The Hall–Kier alpha value is -5.14. The van der Waals surface area contributed by atoms with Crippen LogP contribution in [0.25, 0.3) is 41.8 Å². The predicted molar refractivity (Wildman–Crippen MR) is 161 cm³/mol. The Morgan fingerprint density at radius 2 is 1.26 bits per heavy atom. The van der Waals surface area contributed by atoms with E-state index in [1.165, 1.54) is 60.7 Å². The fourth-order valence-corrected chi connectivity index (χ4v) is 5.02. The van der Waals surface area contributed by atoms with Gasteiger partial charge in [-0.25, -0.2) is 9.59 Å². The fourth-order valence-electron chi connectivity index (χ4n) is 4.77. The molecule has 0 saturated heterocycles. The Morgan fingerprint density at radius 3 is 1.78 bits per heavy atom. The molecule has 0 bridgehead atoms. The maximum absolute atomic E-state index is 13.4. The summed E-state index contributed by atoms with van der Waals surface area (Å²) in [6, 6.07) is 7.93. The molecular formula is C26H22Cl2N12O6. The standard InChI is InChI=1S/C26H22Cl2N12O6/c27-15-5-1-13(2-6-15)24(41)44-21-19(35-39-31)11-20(36-40-32)22(23(21)45-25(42)14-3-7-16(28)8-4-14)46-26-18(34-38-30)10-9-17(43-26)12-33-37-29/h1-10,17-23,26H,11-12H2/t17?,18?,19-,20?,21?,22?,23-,26-/m1/s1. The van der Waals surface area contributed by atoms with Crippen LogP contribution in [-0.4, -0.2) is 67.3 Å². The van der Waals surface area contributed by atoms with Crippen molar-refractivity contribution in [3.63, 3.8) is 0 Å². The Kier molecular flexibility index (Phi) is 11.9. The minimum absolute atomic E-state index is 0.0513. The van der Waals surface area contributed by atoms with Crippen LogP contribution in [0.2, 0.25) is 10.0 Å². The van der Waals surface area contributed by atoms with Crippen LogP contribution in [0.1, 0.15) is 27.1 Å². The van der Waals surface area contributed by atoms with Crippen LogP contribution in [0.15, 0.2) is 81.1 Å². The van der Waals surface area contributed by atoms with E-state index in [9.17, 15) is 20.7 Å². The summed E-state index contributed by atoms with van der Waals surface area (Å²) in [5.74, 6) is -1.80. The number of carbonyl (C=O) groups excluding carboxylic acids is 2. The van der Waals surface area contributed by atoms with Crippen LogP contribution in [0, 0.1) is 0 Å². The monoisotopic (exact) mass is 668 g/mol. The maximum atomic E-state index is 13.4. The van der Waals surface area contributed by atoms with Gasteiger partial charge in [-0.1, -0.05) is 55.8 Å². The van der Waals surface area contributed by atoms with Crippen molar-refractivity contribution in [3.8, 4) is 0 Å². The van der Waals surface area contributed by atoms with Crippen molar-refractivity contribution in [2.45, 2.75) is 55.3 Å².